The van der Waals surface area contributed by atoms with Crippen molar-refractivity contribution in [3.05, 3.63) is 65.7 Å². The van der Waals surface area contributed by atoms with E-state index in [2.05, 4.69) is 10.6 Å². The highest BCUT2D eigenvalue weighted by molar-refractivity contribution is 5.78. The Morgan fingerprint density at radius 3 is 2.62 bits per heavy atom. The topological polar surface area (TPSA) is 61.4 Å². The number of nitrogens with one attached hydrogen (secondary N) is 2. The maximum absolute atomic E-state index is 11.8. The molecule has 4 nitrogen and oxygen atoms in total. The van der Waals surface area contributed by atoms with Gasteiger partial charge in [-0.25, -0.2) is 0 Å². The minimum atomic E-state index is -0.0501. The van der Waals surface area contributed by atoms with Crippen LogP contribution in [0, 0.1) is 0 Å². The average Bonchev–Trinajstić information content (AvgIpc) is 2.51. The van der Waals surface area contributed by atoms with Crippen molar-refractivity contribution in [3.63, 3.8) is 0 Å². The molecule has 1 amide bonds. The first-order valence-corrected chi connectivity index (χ1v) is 6.98. The number of hydrogen-bond donors (Lipinski definition) is 3. The number of carbonyl (C=O) groups excluding carboxylic acids is 1. The summed E-state index contributed by atoms with van der Waals surface area (Å²) in [6.07, 6.45) is 0. The molecule has 0 radical (unpaired) electrons. The molecule has 0 aromatic heterocycles. The molecule has 4 heteroatoms. The number of phenolic OH excluding ortho intramolecular Hbond substituents is 1. The lowest BCUT2D eigenvalue weighted by atomic mass is 10.1. The first-order valence-electron chi connectivity index (χ1n) is 6.98. The van der Waals surface area contributed by atoms with E-state index in [-0.39, 0.29) is 24.2 Å². The maximum atomic E-state index is 11.8. The Kier molecular flexibility index (Phi) is 5.35. The molecule has 0 spiro atoms. The lowest BCUT2D eigenvalue weighted by Gasteiger charge is -2.14. The van der Waals surface area contributed by atoms with Crippen molar-refractivity contribution >= 4 is 5.91 Å². The molecule has 2 aromatic rings. The molecule has 2 rings (SSSR count). The number of rotatable bonds is 6. The Labute approximate surface area is 124 Å². The summed E-state index contributed by atoms with van der Waals surface area (Å²) in [4.78, 5) is 11.8. The SMILES string of the molecule is CC(NCC(=O)NCc1ccccc1)c1cccc(O)c1. The number of amides is 1. The summed E-state index contributed by atoms with van der Waals surface area (Å²) in [5, 5.41) is 15.4. The molecular formula is C17H20N2O2. The van der Waals surface area contributed by atoms with Gasteiger partial charge in [-0.2, -0.15) is 0 Å². The molecule has 2 aromatic carbocycles. The lowest BCUT2D eigenvalue weighted by Crippen LogP contribution is -2.34. The number of benzene rings is 2. The van der Waals surface area contributed by atoms with E-state index in [9.17, 15) is 9.90 Å². The lowest BCUT2D eigenvalue weighted by molar-refractivity contribution is -0.120. The van der Waals surface area contributed by atoms with Crippen molar-refractivity contribution in [1.29, 1.82) is 0 Å². The summed E-state index contributed by atoms with van der Waals surface area (Å²) in [7, 11) is 0. The van der Waals surface area contributed by atoms with Crippen LogP contribution in [0.5, 0.6) is 5.75 Å². The maximum Gasteiger partial charge on any atom is 0.234 e. The highest BCUT2D eigenvalue weighted by atomic mass is 16.3. The first-order chi connectivity index (χ1) is 10.1. The van der Waals surface area contributed by atoms with Crippen LogP contribution in [0.1, 0.15) is 24.1 Å². The van der Waals surface area contributed by atoms with Crippen molar-refractivity contribution in [3.8, 4) is 5.75 Å². The third-order valence-corrected chi connectivity index (χ3v) is 3.27. The fourth-order valence-corrected chi connectivity index (χ4v) is 2.02. The van der Waals surface area contributed by atoms with Gasteiger partial charge in [0.2, 0.25) is 5.91 Å². The number of aromatic hydroxyl groups is 1. The van der Waals surface area contributed by atoms with Crippen LogP contribution in [0.15, 0.2) is 54.6 Å². The summed E-state index contributed by atoms with van der Waals surface area (Å²) in [5.41, 5.74) is 2.03. The van der Waals surface area contributed by atoms with Crippen LogP contribution in [0.3, 0.4) is 0 Å². The van der Waals surface area contributed by atoms with Crippen LogP contribution in [0.2, 0.25) is 0 Å². The summed E-state index contributed by atoms with van der Waals surface area (Å²) in [6, 6.07) is 16.8. The van der Waals surface area contributed by atoms with Gasteiger partial charge in [0.05, 0.1) is 6.54 Å². The second kappa shape index (κ2) is 7.45. The Balaban J connectivity index is 1.76. The summed E-state index contributed by atoms with van der Waals surface area (Å²) >= 11 is 0. The standard InChI is InChI=1S/C17H20N2O2/c1-13(15-8-5-9-16(20)10-15)18-12-17(21)19-11-14-6-3-2-4-7-14/h2-10,13,18,20H,11-12H2,1H3,(H,19,21). The van der Waals surface area contributed by atoms with Gasteiger partial charge in [0.1, 0.15) is 5.75 Å². The van der Waals surface area contributed by atoms with Crippen molar-refractivity contribution in [2.24, 2.45) is 0 Å². The van der Waals surface area contributed by atoms with Gasteiger partial charge in [0, 0.05) is 12.6 Å². The van der Waals surface area contributed by atoms with Crippen molar-refractivity contribution in [2.45, 2.75) is 19.5 Å². The summed E-state index contributed by atoms with van der Waals surface area (Å²) < 4.78 is 0. The van der Waals surface area contributed by atoms with Crippen LogP contribution >= 0.6 is 0 Å². The minimum Gasteiger partial charge on any atom is -0.508 e. The Morgan fingerprint density at radius 1 is 1.14 bits per heavy atom. The fraction of sp³-hybridized carbons (Fsp3) is 0.235. The second-order valence-corrected chi connectivity index (χ2v) is 4.96. The van der Waals surface area contributed by atoms with Gasteiger partial charge in [0.15, 0.2) is 0 Å². The summed E-state index contributed by atoms with van der Waals surface area (Å²) in [6.45, 7) is 2.73. The van der Waals surface area contributed by atoms with Gasteiger partial charge >= 0.3 is 0 Å². The molecule has 0 fully saturated rings. The molecule has 0 aliphatic heterocycles. The molecule has 21 heavy (non-hydrogen) atoms. The van der Waals surface area contributed by atoms with E-state index in [1.165, 1.54) is 0 Å². The fourth-order valence-electron chi connectivity index (χ4n) is 2.02. The Morgan fingerprint density at radius 2 is 1.90 bits per heavy atom. The van der Waals surface area contributed by atoms with E-state index in [4.69, 9.17) is 0 Å². The van der Waals surface area contributed by atoms with E-state index in [0.717, 1.165) is 11.1 Å². The number of phenols is 1. The minimum absolute atomic E-state index is 0.000393. The molecule has 0 aliphatic rings. The molecule has 0 heterocycles. The molecule has 0 saturated heterocycles. The van der Waals surface area contributed by atoms with Crippen LogP contribution in [0.4, 0.5) is 0 Å². The van der Waals surface area contributed by atoms with Crippen LogP contribution < -0.4 is 10.6 Å². The van der Waals surface area contributed by atoms with Gasteiger partial charge in [-0.05, 0) is 30.2 Å². The zero-order valence-electron chi connectivity index (χ0n) is 12.0. The van der Waals surface area contributed by atoms with Crippen LogP contribution in [-0.4, -0.2) is 17.6 Å². The van der Waals surface area contributed by atoms with Crippen LogP contribution in [-0.2, 0) is 11.3 Å². The van der Waals surface area contributed by atoms with Gasteiger partial charge in [-0.3, -0.25) is 4.79 Å². The van der Waals surface area contributed by atoms with Gasteiger partial charge in [0.25, 0.3) is 0 Å². The number of hydrogen-bond acceptors (Lipinski definition) is 3. The normalized spacial score (nSPS) is 11.9. The predicted octanol–water partition coefficient (Wildman–Crippen LogP) is 2.36. The quantitative estimate of drug-likeness (QED) is 0.763. The smallest absolute Gasteiger partial charge is 0.234 e. The molecule has 0 aliphatic carbocycles. The third-order valence-electron chi connectivity index (χ3n) is 3.27. The average molecular weight is 284 g/mol. The highest BCUT2D eigenvalue weighted by Crippen LogP contribution is 2.17. The largest absolute Gasteiger partial charge is 0.508 e. The first kappa shape index (κ1) is 15.1. The van der Waals surface area contributed by atoms with E-state index >= 15 is 0 Å². The van der Waals surface area contributed by atoms with E-state index in [1.807, 2.05) is 43.3 Å². The Bertz CT molecular complexity index is 584. The molecule has 1 unspecified atom stereocenters. The molecule has 1 atom stereocenters. The van der Waals surface area contributed by atoms with Crippen LogP contribution in [0.25, 0.3) is 0 Å². The van der Waals surface area contributed by atoms with Gasteiger partial charge in [-0.1, -0.05) is 42.5 Å². The molecule has 0 saturated carbocycles. The second-order valence-electron chi connectivity index (χ2n) is 4.96. The van der Waals surface area contributed by atoms with E-state index in [1.54, 1.807) is 18.2 Å². The zero-order chi connectivity index (χ0) is 15.1. The molecule has 0 bridgehead atoms. The number of carbonyl (C=O) groups is 1. The zero-order valence-corrected chi connectivity index (χ0v) is 12.0. The van der Waals surface area contributed by atoms with Crippen molar-refractivity contribution in [1.82, 2.24) is 10.6 Å². The third kappa shape index (κ3) is 4.93. The van der Waals surface area contributed by atoms with E-state index < -0.39 is 0 Å². The van der Waals surface area contributed by atoms with Gasteiger partial charge < -0.3 is 15.7 Å². The Hall–Kier alpha value is -2.33. The van der Waals surface area contributed by atoms with Gasteiger partial charge in [-0.15, -0.1) is 0 Å². The molecular weight excluding hydrogens is 264 g/mol. The summed E-state index contributed by atoms with van der Waals surface area (Å²) in [5.74, 6) is 0.181. The highest BCUT2D eigenvalue weighted by Gasteiger charge is 2.08. The van der Waals surface area contributed by atoms with E-state index in [0.29, 0.717) is 6.54 Å². The predicted molar refractivity (Wildman–Crippen MR) is 82.8 cm³/mol. The molecule has 110 valence electrons. The van der Waals surface area contributed by atoms with Crippen molar-refractivity contribution in [2.75, 3.05) is 6.54 Å². The molecule has 3 N–H and O–H groups in total. The van der Waals surface area contributed by atoms with Crippen molar-refractivity contribution < 1.29 is 9.90 Å². The monoisotopic (exact) mass is 284 g/mol.